The minimum Gasteiger partial charge on any atom is -0.370 e. The van der Waals surface area contributed by atoms with E-state index in [-0.39, 0.29) is 26.3 Å². The largest absolute Gasteiger partial charge is 0.370 e. The summed E-state index contributed by atoms with van der Waals surface area (Å²) in [4.78, 5) is 35.2. The number of anilines is 1. The number of hydrogen-bond acceptors (Lipinski definition) is 9. The Balaban J connectivity index is 1.80. The molecule has 0 saturated carbocycles. The summed E-state index contributed by atoms with van der Waals surface area (Å²) in [5.41, 5.74) is 0. The quantitative estimate of drug-likeness (QED) is 0.314. The first kappa shape index (κ1) is 20.1. The van der Waals surface area contributed by atoms with E-state index in [1.807, 2.05) is 35.2 Å². The standard InChI is InChI=1S/C16H21N5O6/c22-20(23)26-12-10-19(11-13-27-21(24)25)9-3-7-17-16-15-5-2-1-4-14(15)6-8-18-16/h1-2,4-6,8H,3,7,9-13H2,(H,17,18). The summed E-state index contributed by atoms with van der Waals surface area (Å²) in [6, 6.07) is 9.84. The molecule has 0 fully saturated rings. The third-order valence-corrected chi connectivity index (χ3v) is 3.83. The van der Waals surface area contributed by atoms with Crippen LogP contribution in [0.1, 0.15) is 6.42 Å². The van der Waals surface area contributed by atoms with Crippen molar-refractivity contribution >= 4 is 16.6 Å². The highest BCUT2D eigenvalue weighted by molar-refractivity contribution is 5.91. The second-order valence-corrected chi connectivity index (χ2v) is 5.62. The average Bonchev–Trinajstić information content (AvgIpc) is 2.64. The summed E-state index contributed by atoms with van der Waals surface area (Å²) in [6.45, 7) is 1.53. The van der Waals surface area contributed by atoms with Crippen molar-refractivity contribution in [2.45, 2.75) is 6.42 Å². The van der Waals surface area contributed by atoms with Crippen LogP contribution in [0.15, 0.2) is 36.5 Å². The average molecular weight is 379 g/mol. The molecule has 11 heteroatoms. The number of rotatable bonds is 13. The Morgan fingerprint density at radius 3 is 2.33 bits per heavy atom. The molecule has 0 aliphatic rings. The van der Waals surface area contributed by atoms with Crippen molar-refractivity contribution in [3.05, 3.63) is 56.8 Å². The van der Waals surface area contributed by atoms with E-state index >= 15 is 0 Å². The van der Waals surface area contributed by atoms with Crippen LogP contribution in [0, 0.1) is 20.2 Å². The predicted octanol–water partition coefficient (Wildman–Crippen LogP) is 1.76. The van der Waals surface area contributed by atoms with Crippen LogP contribution in [0.5, 0.6) is 0 Å². The highest BCUT2D eigenvalue weighted by atomic mass is 17.0. The third-order valence-electron chi connectivity index (χ3n) is 3.83. The second-order valence-electron chi connectivity index (χ2n) is 5.62. The van der Waals surface area contributed by atoms with Gasteiger partial charge >= 0.3 is 0 Å². The van der Waals surface area contributed by atoms with E-state index in [4.69, 9.17) is 0 Å². The zero-order chi connectivity index (χ0) is 19.5. The van der Waals surface area contributed by atoms with Crippen molar-refractivity contribution in [2.75, 3.05) is 44.7 Å². The Kier molecular flexibility index (Phi) is 7.97. The van der Waals surface area contributed by atoms with Crippen LogP contribution < -0.4 is 5.32 Å². The molecule has 0 aliphatic carbocycles. The van der Waals surface area contributed by atoms with Gasteiger partial charge in [0.25, 0.3) is 10.2 Å². The van der Waals surface area contributed by atoms with Gasteiger partial charge in [0.05, 0.1) is 0 Å². The highest BCUT2D eigenvalue weighted by Gasteiger charge is 2.08. The topological polar surface area (TPSA) is 133 Å². The van der Waals surface area contributed by atoms with E-state index in [1.165, 1.54) is 0 Å². The molecule has 11 nitrogen and oxygen atoms in total. The molecule has 0 amide bonds. The Hall–Kier alpha value is -3.21. The molecule has 2 rings (SSSR count). The fourth-order valence-corrected chi connectivity index (χ4v) is 2.59. The summed E-state index contributed by atoms with van der Waals surface area (Å²) in [6.07, 6.45) is 2.45. The van der Waals surface area contributed by atoms with Gasteiger partial charge in [0, 0.05) is 31.2 Å². The molecular formula is C16H21N5O6. The first-order valence-corrected chi connectivity index (χ1v) is 8.41. The Labute approximate surface area is 155 Å². The van der Waals surface area contributed by atoms with Gasteiger partial charge in [0.2, 0.25) is 0 Å². The maximum Gasteiger partial charge on any atom is 0.294 e. The smallest absolute Gasteiger partial charge is 0.294 e. The van der Waals surface area contributed by atoms with Crippen molar-refractivity contribution in [1.29, 1.82) is 0 Å². The molecule has 1 aromatic carbocycles. The first-order valence-electron chi connectivity index (χ1n) is 8.41. The van der Waals surface area contributed by atoms with Crippen LogP contribution in [0.2, 0.25) is 0 Å². The first-order chi connectivity index (χ1) is 13.1. The number of pyridine rings is 1. The van der Waals surface area contributed by atoms with E-state index < -0.39 is 10.2 Å². The summed E-state index contributed by atoms with van der Waals surface area (Å²) < 4.78 is 0. The number of aromatic nitrogens is 1. The summed E-state index contributed by atoms with van der Waals surface area (Å²) in [5.74, 6) is 0.785. The molecule has 0 radical (unpaired) electrons. The maximum atomic E-state index is 10.2. The zero-order valence-corrected chi connectivity index (χ0v) is 14.7. The Morgan fingerprint density at radius 2 is 1.67 bits per heavy atom. The maximum absolute atomic E-state index is 10.2. The Bertz CT molecular complexity index is 734. The van der Waals surface area contributed by atoms with Crippen LogP contribution in [-0.2, 0) is 9.68 Å². The van der Waals surface area contributed by atoms with Crippen LogP contribution >= 0.6 is 0 Å². The minimum atomic E-state index is -0.862. The second kappa shape index (κ2) is 10.7. The molecule has 0 bridgehead atoms. The fraction of sp³-hybridized carbons (Fsp3) is 0.438. The van der Waals surface area contributed by atoms with Crippen molar-refractivity contribution < 1.29 is 19.8 Å². The van der Waals surface area contributed by atoms with Crippen LogP contribution in [0.25, 0.3) is 10.8 Å². The van der Waals surface area contributed by atoms with Crippen LogP contribution in [0.4, 0.5) is 5.82 Å². The van der Waals surface area contributed by atoms with Crippen LogP contribution in [-0.4, -0.2) is 59.4 Å². The van der Waals surface area contributed by atoms with Crippen molar-refractivity contribution in [3.63, 3.8) is 0 Å². The number of hydrogen-bond donors (Lipinski definition) is 1. The van der Waals surface area contributed by atoms with Gasteiger partial charge < -0.3 is 15.0 Å². The molecule has 0 spiro atoms. The molecule has 0 aliphatic heterocycles. The van der Waals surface area contributed by atoms with Crippen molar-refractivity contribution in [1.82, 2.24) is 9.88 Å². The molecule has 0 atom stereocenters. The molecule has 2 aromatic rings. The number of nitrogens with one attached hydrogen (secondary N) is 1. The van der Waals surface area contributed by atoms with Gasteiger partial charge in [-0.25, -0.2) is 4.98 Å². The molecule has 1 heterocycles. The molecule has 27 heavy (non-hydrogen) atoms. The van der Waals surface area contributed by atoms with Gasteiger partial charge in [-0.05, 0) is 24.4 Å². The predicted molar refractivity (Wildman–Crippen MR) is 97.2 cm³/mol. The highest BCUT2D eigenvalue weighted by Crippen LogP contribution is 2.20. The van der Waals surface area contributed by atoms with E-state index in [0.29, 0.717) is 19.5 Å². The van der Waals surface area contributed by atoms with Crippen molar-refractivity contribution in [2.24, 2.45) is 0 Å². The monoisotopic (exact) mass is 379 g/mol. The SMILES string of the molecule is O=[N+]([O-])OCCN(CCCNc1nccc2ccccc12)CCO[N+](=O)[O-]. The molecule has 0 unspecified atom stereocenters. The van der Waals surface area contributed by atoms with E-state index in [9.17, 15) is 20.2 Å². The normalized spacial score (nSPS) is 10.7. The fourth-order valence-electron chi connectivity index (χ4n) is 2.59. The van der Waals surface area contributed by atoms with Gasteiger partial charge in [0.15, 0.2) is 0 Å². The number of benzene rings is 1. The molecule has 1 N–H and O–H groups in total. The number of nitrogens with zero attached hydrogens (tertiary/aromatic N) is 4. The molecule has 0 saturated heterocycles. The molecular weight excluding hydrogens is 358 g/mol. The van der Waals surface area contributed by atoms with Gasteiger partial charge in [0.1, 0.15) is 19.0 Å². The number of fused-ring (bicyclic) bond motifs is 1. The lowest BCUT2D eigenvalue weighted by Crippen LogP contribution is -2.33. The lowest BCUT2D eigenvalue weighted by Gasteiger charge is -2.21. The molecule has 1 aromatic heterocycles. The van der Waals surface area contributed by atoms with Crippen molar-refractivity contribution in [3.8, 4) is 0 Å². The van der Waals surface area contributed by atoms with E-state index in [0.717, 1.165) is 16.6 Å². The van der Waals surface area contributed by atoms with Gasteiger partial charge in [-0.2, -0.15) is 0 Å². The summed E-state index contributed by atoms with van der Waals surface area (Å²) >= 11 is 0. The third kappa shape index (κ3) is 7.28. The Morgan fingerprint density at radius 1 is 1.00 bits per heavy atom. The summed E-state index contributed by atoms with van der Waals surface area (Å²) in [5, 5.41) is 24.1. The minimum absolute atomic E-state index is 0.107. The van der Waals surface area contributed by atoms with Gasteiger partial charge in [-0.15, -0.1) is 20.2 Å². The van der Waals surface area contributed by atoms with Crippen LogP contribution in [0.3, 0.4) is 0 Å². The van der Waals surface area contributed by atoms with Gasteiger partial charge in [-0.1, -0.05) is 24.3 Å². The summed E-state index contributed by atoms with van der Waals surface area (Å²) in [7, 11) is 0. The lowest BCUT2D eigenvalue weighted by atomic mass is 10.1. The molecule has 146 valence electrons. The van der Waals surface area contributed by atoms with E-state index in [1.54, 1.807) is 6.20 Å². The lowest BCUT2D eigenvalue weighted by molar-refractivity contribution is -0.758. The zero-order valence-electron chi connectivity index (χ0n) is 14.7. The van der Waals surface area contributed by atoms with E-state index in [2.05, 4.69) is 20.0 Å². The van der Waals surface area contributed by atoms with Gasteiger partial charge in [-0.3, -0.25) is 4.90 Å².